The Morgan fingerprint density at radius 1 is 1.04 bits per heavy atom. The number of benzene rings is 1. The predicted molar refractivity (Wildman–Crippen MR) is 109 cm³/mol. The Kier molecular flexibility index (Phi) is 6.09. The van der Waals surface area contributed by atoms with E-state index in [1.165, 1.54) is 7.11 Å². The minimum Gasteiger partial charge on any atom is -0.493 e. The fourth-order valence-electron chi connectivity index (χ4n) is 3.85. The van der Waals surface area contributed by atoms with Crippen molar-refractivity contribution in [3.05, 3.63) is 45.6 Å². The van der Waals surface area contributed by atoms with Gasteiger partial charge in [-0.2, -0.15) is 0 Å². The predicted octanol–water partition coefficient (Wildman–Crippen LogP) is 3.35. The van der Waals surface area contributed by atoms with Gasteiger partial charge in [0.05, 0.1) is 27.9 Å². The van der Waals surface area contributed by atoms with Crippen LogP contribution in [0, 0.1) is 0 Å². The van der Waals surface area contributed by atoms with E-state index in [1.54, 1.807) is 26.4 Å². The molecule has 0 aliphatic heterocycles. The summed E-state index contributed by atoms with van der Waals surface area (Å²) >= 11 is 0. The number of hydrogen-bond acceptors (Lipinski definition) is 6. The van der Waals surface area contributed by atoms with Crippen LogP contribution in [0.4, 0.5) is 0 Å². The first-order valence-corrected chi connectivity index (χ1v) is 9.40. The van der Waals surface area contributed by atoms with Crippen molar-refractivity contribution in [2.75, 3.05) is 35.0 Å². The van der Waals surface area contributed by atoms with Gasteiger partial charge in [0, 0.05) is 11.6 Å². The van der Waals surface area contributed by atoms with E-state index in [0.29, 0.717) is 29.6 Å². The molecule has 0 spiro atoms. The molecule has 2 aromatic carbocycles. The maximum absolute atomic E-state index is 12.6. The Labute approximate surface area is 165 Å². The average Bonchev–Trinajstić information content (AvgIpc) is 2.95. The highest BCUT2D eigenvalue weighted by Gasteiger charge is 2.28. The Balaban J connectivity index is 2.43. The van der Waals surface area contributed by atoms with Gasteiger partial charge in [0.2, 0.25) is 11.2 Å². The second-order valence-electron chi connectivity index (χ2n) is 6.57. The third kappa shape index (κ3) is 3.40. The minimum atomic E-state index is -0.147. The van der Waals surface area contributed by atoms with Crippen LogP contribution in [0.2, 0.25) is 0 Å². The van der Waals surface area contributed by atoms with Crippen molar-refractivity contribution >= 4 is 0 Å². The van der Waals surface area contributed by atoms with E-state index >= 15 is 0 Å². The molecule has 0 radical (unpaired) electrons. The van der Waals surface area contributed by atoms with E-state index in [2.05, 4.69) is 5.32 Å². The van der Waals surface area contributed by atoms with Gasteiger partial charge >= 0.3 is 0 Å². The zero-order chi connectivity index (χ0) is 20.3. The summed E-state index contributed by atoms with van der Waals surface area (Å²) < 4.78 is 22.5. The summed E-state index contributed by atoms with van der Waals surface area (Å²) in [6.45, 7) is 2.42. The standard InChI is InChI=1S/C22H27NO5/c1-6-28-22-20-13(11-19(26-4)21(22)27-5)7-9-16(23-2)15-12-17(24)18(25-3)10-8-14(15)20/h8,10-12,16,23H,6-7,9H2,1-5H3. The number of rotatable bonds is 6. The van der Waals surface area contributed by atoms with Crippen LogP contribution >= 0.6 is 0 Å². The molecular weight excluding hydrogens is 358 g/mol. The Morgan fingerprint density at radius 2 is 1.79 bits per heavy atom. The summed E-state index contributed by atoms with van der Waals surface area (Å²) in [6, 6.07) is 7.34. The maximum atomic E-state index is 12.6. The lowest BCUT2D eigenvalue weighted by molar-refractivity contribution is 0.297. The van der Waals surface area contributed by atoms with Crippen LogP contribution in [0.25, 0.3) is 11.1 Å². The molecule has 1 unspecified atom stereocenters. The number of methoxy groups -OCH3 is 3. The Morgan fingerprint density at radius 3 is 2.39 bits per heavy atom. The molecule has 150 valence electrons. The van der Waals surface area contributed by atoms with E-state index in [-0.39, 0.29) is 11.5 Å². The van der Waals surface area contributed by atoms with Crippen LogP contribution in [-0.4, -0.2) is 35.0 Å². The largest absolute Gasteiger partial charge is 0.493 e. The van der Waals surface area contributed by atoms with Crippen molar-refractivity contribution in [1.29, 1.82) is 0 Å². The summed E-state index contributed by atoms with van der Waals surface area (Å²) in [6.07, 6.45) is 1.65. The van der Waals surface area contributed by atoms with Crippen molar-refractivity contribution < 1.29 is 18.9 Å². The molecular formula is C22H27NO5. The van der Waals surface area contributed by atoms with Gasteiger partial charge in [-0.05, 0) is 61.7 Å². The molecule has 0 bridgehead atoms. The SMILES string of the molecule is CCOc1c(OC)c(OC)cc2c1-c1ccc(OC)c(=O)cc1C(NC)CC2. The van der Waals surface area contributed by atoms with Crippen LogP contribution in [0.15, 0.2) is 29.1 Å². The summed E-state index contributed by atoms with van der Waals surface area (Å²) in [5, 5.41) is 3.34. The lowest BCUT2D eigenvalue weighted by atomic mass is 9.95. The van der Waals surface area contributed by atoms with Crippen molar-refractivity contribution in [2.45, 2.75) is 25.8 Å². The molecule has 1 atom stereocenters. The van der Waals surface area contributed by atoms with Gasteiger partial charge in [-0.15, -0.1) is 0 Å². The fourth-order valence-corrected chi connectivity index (χ4v) is 3.85. The first kappa shape index (κ1) is 20.0. The van der Waals surface area contributed by atoms with Gasteiger partial charge in [0.1, 0.15) is 0 Å². The van der Waals surface area contributed by atoms with Gasteiger partial charge in [-0.3, -0.25) is 4.79 Å². The van der Waals surface area contributed by atoms with E-state index in [0.717, 1.165) is 35.1 Å². The molecule has 2 aromatic rings. The first-order valence-electron chi connectivity index (χ1n) is 9.40. The molecule has 0 amide bonds. The smallest absolute Gasteiger partial charge is 0.220 e. The molecule has 0 fully saturated rings. The normalized spacial score (nSPS) is 15.1. The highest BCUT2D eigenvalue weighted by molar-refractivity contribution is 5.82. The highest BCUT2D eigenvalue weighted by atomic mass is 16.5. The van der Waals surface area contributed by atoms with E-state index in [9.17, 15) is 4.79 Å². The van der Waals surface area contributed by atoms with Crippen LogP contribution < -0.4 is 29.7 Å². The van der Waals surface area contributed by atoms with E-state index < -0.39 is 0 Å². The first-order chi connectivity index (χ1) is 13.6. The third-order valence-electron chi connectivity index (χ3n) is 5.15. The molecule has 6 nitrogen and oxygen atoms in total. The van der Waals surface area contributed by atoms with Gasteiger partial charge in [0.25, 0.3) is 0 Å². The van der Waals surface area contributed by atoms with Crippen LogP contribution in [0.3, 0.4) is 0 Å². The third-order valence-corrected chi connectivity index (χ3v) is 5.15. The van der Waals surface area contributed by atoms with Gasteiger partial charge in [-0.1, -0.05) is 6.07 Å². The van der Waals surface area contributed by atoms with Crippen LogP contribution in [0.1, 0.15) is 30.5 Å². The second kappa shape index (κ2) is 8.52. The minimum absolute atomic E-state index is 0.0265. The van der Waals surface area contributed by atoms with Crippen LogP contribution in [0.5, 0.6) is 23.0 Å². The maximum Gasteiger partial charge on any atom is 0.220 e. The van der Waals surface area contributed by atoms with Crippen molar-refractivity contribution in [3.63, 3.8) is 0 Å². The van der Waals surface area contributed by atoms with Crippen LogP contribution in [-0.2, 0) is 6.42 Å². The second-order valence-corrected chi connectivity index (χ2v) is 6.57. The molecule has 0 saturated heterocycles. The number of fused-ring (bicyclic) bond motifs is 3. The van der Waals surface area contributed by atoms with Gasteiger partial charge in [-0.25, -0.2) is 0 Å². The molecule has 6 heteroatoms. The average molecular weight is 385 g/mol. The Bertz CT molecular complexity index is 926. The van der Waals surface area contributed by atoms with Gasteiger partial charge in [0.15, 0.2) is 17.2 Å². The summed E-state index contributed by atoms with van der Waals surface area (Å²) in [7, 11) is 6.63. The number of ether oxygens (including phenoxy) is 4. The lowest BCUT2D eigenvalue weighted by Gasteiger charge is -2.20. The van der Waals surface area contributed by atoms with Gasteiger partial charge < -0.3 is 24.3 Å². The van der Waals surface area contributed by atoms with Crippen molar-refractivity contribution in [3.8, 4) is 34.1 Å². The quantitative estimate of drug-likeness (QED) is 0.823. The van der Waals surface area contributed by atoms with E-state index in [1.807, 2.05) is 26.1 Å². The van der Waals surface area contributed by atoms with Crippen molar-refractivity contribution in [1.82, 2.24) is 5.32 Å². The lowest BCUT2D eigenvalue weighted by Crippen LogP contribution is -2.17. The zero-order valence-electron chi connectivity index (χ0n) is 17.0. The summed E-state index contributed by atoms with van der Waals surface area (Å²) in [5.74, 6) is 2.13. The molecule has 1 aliphatic carbocycles. The van der Waals surface area contributed by atoms with E-state index in [4.69, 9.17) is 18.9 Å². The number of nitrogens with one attached hydrogen (secondary N) is 1. The monoisotopic (exact) mass is 385 g/mol. The number of aryl methyl sites for hydroxylation is 1. The highest BCUT2D eigenvalue weighted by Crippen LogP contribution is 2.50. The summed E-state index contributed by atoms with van der Waals surface area (Å²) in [4.78, 5) is 12.6. The fraction of sp³-hybridized carbons (Fsp3) is 0.409. The zero-order valence-corrected chi connectivity index (χ0v) is 17.0. The molecule has 0 heterocycles. The van der Waals surface area contributed by atoms with Crippen molar-refractivity contribution in [2.24, 2.45) is 0 Å². The number of hydrogen-bond donors (Lipinski definition) is 1. The topological polar surface area (TPSA) is 66.0 Å². The molecule has 1 aliphatic rings. The molecule has 0 aromatic heterocycles. The molecule has 1 N–H and O–H groups in total. The molecule has 3 rings (SSSR count). The molecule has 28 heavy (non-hydrogen) atoms. The molecule has 0 saturated carbocycles. The Hall–Kier alpha value is -2.73. The summed E-state index contributed by atoms with van der Waals surface area (Å²) in [5.41, 5.74) is 3.73.